The van der Waals surface area contributed by atoms with Crippen LogP contribution < -0.4 is 0 Å². The van der Waals surface area contributed by atoms with Crippen molar-refractivity contribution in [3.8, 4) is 11.5 Å². The number of phenols is 2. The zero-order chi connectivity index (χ0) is 21.5. The van der Waals surface area contributed by atoms with Crippen molar-refractivity contribution in [2.75, 3.05) is 19.6 Å². The summed E-state index contributed by atoms with van der Waals surface area (Å²) in [6, 6.07) is 9.90. The molecule has 2 heterocycles. The van der Waals surface area contributed by atoms with Crippen molar-refractivity contribution in [3.05, 3.63) is 58.1 Å². The first-order chi connectivity index (χ1) is 14.2. The molecule has 1 unspecified atom stereocenters. The number of phenolic OH excluding ortho intramolecular Hbond substituents is 2. The van der Waals surface area contributed by atoms with Crippen LogP contribution in [0.25, 0.3) is 0 Å². The van der Waals surface area contributed by atoms with Gasteiger partial charge in [0.15, 0.2) is 0 Å². The van der Waals surface area contributed by atoms with E-state index in [1.807, 2.05) is 24.3 Å². The normalized spacial score (nSPS) is 21.3. The Morgan fingerprint density at radius 2 is 1.87 bits per heavy atom. The lowest BCUT2D eigenvalue weighted by molar-refractivity contribution is 0.0115. The molecule has 0 bridgehead atoms. The average molecular weight is 437 g/mol. The SMILES string of the molecule is O=C(c1cc(Cl)c(O)cc1O)N1CCCC1c1ccc(CN2CCC(F)(F)C2)cc1. The topological polar surface area (TPSA) is 64.0 Å². The summed E-state index contributed by atoms with van der Waals surface area (Å²) in [5.41, 5.74) is 1.97. The van der Waals surface area contributed by atoms with Crippen molar-refractivity contribution in [1.29, 1.82) is 0 Å². The van der Waals surface area contributed by atoms with E-state index in [4.69, 9.17) is 11.6 Å². The summed E-state index contributed by atoms with van der Waals surface area (Å²) in [5.74, 6) is -3.55. The van der Waals surface area contributed by atoms with Gasteiger partial charge in [-0.3, -0.25) is 9.69 Å². The fourth-order valence-corrected chi connectivity index (χ4v) is 4.44. The van der Waals surface area contributed by atoms with Crippen LogP contribution >= 0.6 is 11.6 Å². The Morgan fingerprint density at radius 3 is 2.53 bits per heavy atom. The number of nitrogens with zero attached hydrogens (tertiary/aromatic N) is 2. The number of amides is 1. The number of hydrogen-bond acceptors (Lipinski definition) is 4. The van der Waals surface area contributed by atoms with E-state index in [9.17, 15) is 23.8 Å². The number of benzene rings is 2. The maximum absolute atomic E-state index is 13.4. The number of rotatable bonds is 4. The third-order valence-corrected chi connectivity index (χ3v) is 6.13. The zero-order valence-corrected chi connectivity index (χ0v) is 17.1. The van der Waals surface area contributed by atoms with Crippen LogP contribution in [-0.2, 0) is 6.54 Å². The molecule has 2 aliphatic heterocycles. The van der Waals surface area contributed by atoms with Gasteiger partial charge in [-0.2, -0.15) is 0 Å². The number of hydrogen-bond donors (Lipinski definition) is 2. The van der Waals surface area contributed by atoms with Crippen molar-refractivity contribution in [2.24, 2.45) is 0 Å². The predicted molar refractivity (Wildman–Crippen MR) is 109 cm³/mol. The monoisotopic (exact) mass is 436 g/mol. The molecular formula is C22H23ClF2N2O3. The second-order valence-electron chi connectivity index (χ2n) is 8.04. The smallest absolute Gasteiger partial charge is 0.261 e. The Morgan fingerprint density at radius 1 is 1.13 bits per heavy atom. The molecule has 0 spiro atoms. The van der Waals surface area contributed by atoms with Crippen LogP contribution in [0.1, 0.15) is 46.8 Å². The number of alkyl halides is 2. The second kappa shape index (κ2) is 8.04. The Labute approximate surface area is 178 Å². The van der Waals surface area contributed by atoms with Crippen molar-refractivity contribution < 1.29 is 23.8 Å². The summed E-state index contributed by atoms with van der Waals surface area (Å²) in [4.78, 5) is 16.5. The van der Waals surface area contributed by atoms with Crippen LogP contribution in [0, 0.1) is 0 Å². The molecule has 5 nitrogen and oxygen atoms in total. The molecule has 2 fully saturated rings. The lowest BCUT2D eigenvalue weighted by Gasteiger charge is -2.26. The predicted octanol–water partition coefficient (Wildman–Crippen LogP) is 4.57. The maximum Gasteiger partial charge on any atom is 0.261 e. The summed E-state index contributed by atoms with van der Waals surface area (Å²) in [6.45, 7) is 1.20. The summed E-state index contributed by atoms with van der Waals surface area (Å²) in [5, 5.41) is 19.7. The molecule has 0 aromatic heterocycles. The lowest BCUT2D eigenvalue weighted by Crippen LogP contribution is -2.30. The van der Waals surface area contributed by atoms with Gasteiger partial charge in [0.25, 0.3) is 11.8 Å². The summed E-state index contributed by atoms with van der Waals surface area (Å²) >= 11 is 5.91. The van der Waals surface area contributed by atoms with Gasteiger partial charge in [-0.1, -0.05) is 35.9 Å². The van der Waals surface area contributed by atoms with Gasteiger partial charge < -0.3 is 15.1 Å². The molecule has 1 atom stereocenters. The van der Waals surface area contributed by atoms with E-state index in [2.05, 4.69) is 0 Å². The molecule has 1 amide bonds. The highest BCUT2D eigenvalue weighted by atomic mass is 35.5. The zero-order valence-electron chi connectivity index (χ0n) is 16.3. The van der Waals surface area contributed by atoms with Gasteiger partial charge in [-0.25, -0.2) is 8.78 Å². The number of carbonyl (C=O) groups is 1. The van der Waals surface area contributed by atoms with Crippen molar-refractivity contribution in [1.82, 2.24) is 9.80 Å². The third-order valence-electron chi connectivity index (χ3n) is 5.83. The van der Waals surface area contributed by atoms with Crippen LogP contribution in [0.15, 0.2) is 36.4 Å². The van der Waals surface area contributed by atoms with E-state index < -0.39 is 5.92 Å². The molecule has 2 aliphatic rings. The molecule has 2 aromatic rings. The van der Waals surface area contributed by atoms with Gasteiger partial charge in [0.2, 0.25) is 0 Å². The fourth-order valence-electron chi connectivity index (χ4n) is 4.28. The van der Waals surface area contributed by atoms with Gasteiger partial charge in [-0.05, 0) is 30.0 Å². The van der Waals surface area contributed by atoms with Crippen molar-refractivity contribution >= 4 is 17.5 Å². The highest BCUT2D eigenvalue weighted by Crippen LogP contribution is 2.37. The van der Waals surface area contributed by atoms with E-state index >= 15 is 0 Å². The Hall–Kier alpha value is -2.38. The molecule has 4 rings (SSSR count). The molecule has 8 heteroatoms. The van der Waals surface area contributed by atoms with E-state index in [0.29, 0.717) is 19.6 Å². The largest absolute Gasteiger partial charge is 0.507 e. The number of likely N-dealkylation sites (tertiary alicyclic amines) is 2. The van der Waals surface area contributed by atoms with Crippen molar-refractivity contribution in [2.45, 2.75) is 37.8 Å². The molecule has 0 saturated carbocycles. The minimum atomic E-state index is -2.60. The minimum absolute atomic E-state index is 0.00346. The van der Waals surface area contributed by atoms with E-state index in [1.165, 1.54) is 6.07 Å². The van der Waals surface area contributed by atoms with Crippen molar-refractivity contribution in [3.63, 3.8) is 0 Å². The summed E-state index contributed by atoms with van der Waals surface area (Å²) in [6.07, 6.45) is 1.52. The fraction of sp³-hybridized carbons (Fsp3) is 0.409. The van der Waals surface area contributed by atoms with E-state index in [-0.39, 0.29) is 47.0 Å². The van der Waals surface area contributed by atoms with Gasteiger partial charge in [0.05, 0.1) is 23.2 Å². The Bertz CT molecular complexity index is 952. The van der Waals surface area contributed by atoms with Gasteiger partial charge in [0, 0.05) is 32.1 Å². The van der Waals surface area contributed by atoms with E-state index in [0.717, 1.165) is 30.0 Å². The molecule has 2 aromatic carbocycles. The molecule has 2 N–H and O–H groups in total. The summed E-state index contributed by atoms with van der Waals surface area (Å²) < 4.78 is 26.8. The van der Waals surface area contributed by atoms with E-state index in [1.54, 1.807) is 9.80 Å². The second-order valence-corrected chi connectivity index (χ2v) is 8.44. The highest BCUT2D eigenvalue weighted by molar-refractivity contribution is 6.32. The van der Waals surface area contributed by atoms with Crippen LogP contribution in [0.4, 0.5) is 8.78 Å². The van der Waals surface area contributed by atoms with Crippen LogP contribution in [0.3, 0.4) is 0 Å². The van der Waals surface area contributed by atoms with Crippen LogP contribution in [0.2, 0.25) is 5.02 Å². The first-order valence-electron chi connectivity index (χ1n) is 9.95. The molecule has 2 saturated heterocycles. The first kappa shape index (κ1) is 20.9. The molecular weight excluding hydrogens is 414 g/mol. The number of aromatic hydroxyl groups is 2. The quantitative estimate of drug-likeness (QED) is 0.737. The molecule has 30 heavy (non-hydrogen) atoms. The van der Waals surface area contributed by atoms with Gasteiger partial charge in [-0.15, -0.1) is 0 Å². The Balaban J connectivity index is 1.48. The molecule has 0 radical (unpaired) electrons. The minimum Gasteiger partial charge on any atom is -0.507 e. The standard InChI is InChI=1S/C22H23ClF2N2O3/c23-17-10-16(19(28)11-20(17)29)21(30)27-8-1-2-18(27)15-5-3-14(4-6-15)12-26-9-7-22(24,25)13-26/h3-6,10-11,18,28-29H,1-2,7-9,12-13H2. The average Bonchev–Trinajstić information content (AvgIpc) is 3.31. The van der Waals surface area contributed by atoms with Gasteiger partial charge in [0.1, 0.15) is 11.5 Å². The van der Waals surface area contributed by atoms with Gasteiger partial charge >= 0.3 is 0 Å². The molecule has 0 aliphatic carbocycles. The first-order valence-corrected chi connectivity index (χ1v) is 10.3. The maximum atomic E-state index is 13.4. The highest BCUT2D eigenvalue weighted by Gasteiger charge is 2.38. The van der Waals surface area contributed by atoms with Crippen LogP contribution in [0.5, 0.6) is 11.5 Å². The Kier molecular flexibility index (Phi) is 5.59. The third kappa shape index (κ3) is 4.23. The number of carbonyl (C=O) groups excluding carboxylic acids is 1. The molecule has 160 valence electrons. The summed E-state index contributed by atoms with van der Waals surface area (Å²) in [7, 11) is 0. The number of halogens is 3. The van der Waals surface area contributed by atoms with Crippen LogP contribution in [-0.4, -0.2) is 51.5 Å². The lowest BCUT2D eigenvalue weighted by atomic mass is 10.0.